The number of hydrogen-bond acceptors (Lipinski definition) is 2. The number of allylic oxidation sites excluding steroid dienone is 2. The first kappa shape index (κ1) is 8.04. The van der Waals surface area contributed by atoms with E-state index in [0.717, 1.165) is 18.5 Å². The predicted molar refractivity (Wildman–Crippen MR) is 51.7 cm³/mol. The van der Waals surface area contributed by atoms with E-state index in [1.165, 1.54) is 0 Å². The van der Waals surface area contributed by atoms with Gasteiger partial charge in [0.1, 0.15) is 12.0 Å². The summed E-state index contributed by atoms with van der Waals surface area (Å²) >= 11 is 0. The number of carbonyl (C=O) groups is 1. The van der Waals surface area contributed by atoms with E-state index in [4.69, 9.17) is 4.42 Å². The summed E-state index contributed by atoms with van der Waals surface area (Å²) in [5, 5.41) is 0. The molecule has 72 valence electrons. The Bertz CT molecular complexity index is 364. The van der Waals surface area contributed by atoms with E-state index in [9.17, 15) is 4.79 Å². The Balaban J connectivity index is 1.99. The molecule has 0 unspecified atom stereocenters. The van der Waals surface area contributed by atoms with Gasteiger partial charge in [-0.1, -0.05) is 12.2 Å². The molecule has 0 aromatic carbocycles. The zero-order valence-electron chi connectivity index (χ0n) is 7.80. The number of fused-ring (bicyclic) bond motifs is 2. The fourth-order valence-corrected chi connectivity index (χ4v) is 2.93. The van der Waals surface area contributed by atoms with Crippen LogP contribution in [0.2, 0.25) is 0 Å². The molecule has 4 atom stereocenters. The average Bonchev–Trinajstić information content (AvgIpc) is 2.92. The van der Waals surface area contributed by atoms with Gasteiger partial charge in [0.15, 0.2) is 0 Å². The first-order chi connectivity index (χ1) is 6.90. The Kier molecular flexibility index (Phi) is 1.63. The molecular formula is C12H12O2. The minimum Gasteiger partial charge on any atom is -0.469 e. The Morgan fingerprint density at radius 2 is 2.21 bits per heavy atom. The zero-order chi connectivity index (χ0) is 9.54. The van der Waals surface area contributed by atoms with Crippen LogP contribution >= 0.6 is 0 Å². The summed E-state index contributed by atoms with van der Waals surface area (Å²) in [6.45, 7) is 0. The topological polar surface area (TPSA) is 30.2 Å². The van der Waals surface area contributed by atoms with Crippen LogP contribution in [0, 0.1) is 17.8 Å². The molecule has 1 saturated carbocycles. The molecule has 2 nitrogen and oxygen atoms in total. The van der Waals surface area contributed by atoms with E-state index in [2.05, 4.69) is 12.2 Å². The fourth-order valence-electron chi connectivity index (χ4n) is 2.93. The van der Waals surface area contributed by atoms with Crippen molar-refractivity contribution in [3.05, 3.63) is 36.3 Å². The molecule has 3 rings (SSSR count). The number of hydrogen-bond donors (Lipinski definition) is 0. The van der Waals surface area contributed by atoms with Crippen molar-refractivity contribution in [1.29, 1.82) is 0 Å². The van der Waals surface area contributed by atoms with Crippen LogP contribution in [0.3, 0.4) is 0 Å². The molecule has 2 aliphatic carbocycles. The molecule has 1 aromatic heterocycles. The lowest BCUT2D eigenvalue weighted by atomic mass is 9.82. The van der Waals surface area contributed by atoms with Crippen LogP contribution in [0.5, 0.6) is 0 Å². The van der Waals surface area contributed by atoms with E-state index in [0.29, 0.717) is 11.8 Å². The highest BCUT2D eigenvalue weighted by Gasteiger charge is 2.46. The summed E-state index contributed by atoms with van der Waals surface area (Å²) in [6.07, 6.45) is 8.32. The smallest absolute Gasteiger partial charge is 0.124 e. The minimum absolute atomic E-state index is 0.135. The van der Waals surface area contributed by atoms with Crippen LogP contribution in [0.25, 0.3) is 0 Å². The molecule has 0 saturated heterocycles. The van der Waals surface area contributed by atoms with Crippen molar-refractivity contribution < 1.29 is 9.21 Å². The van der Waals surface area contributed by atoms with Crippen molar-refractivity contribution in [3.8, 4) is 0 Å². The normalized spacial score (nSPS) is 39.1. The Hall–Kier alpha value is -1.31. The molecule has 0 amide bonds. The second kappa shape index (κ2) is 2.84. The van der Waals surface area contributed by atoms with Crippen molar-refractivity contribution in [1.82, 2.24) is 0 Å². The Morgan fingerprint density at radius 3 is 2.93 bits per heavy atom. The van der Waals surface area contributed by atoms with Crippen LogP contribution in [-0.2, 0) is 4.79 Å². The molecule has 1 heterocycles. The van der Waals surface area contributed by atoms with Gasteiger partial charge in [-0.3, -0.25) is 0 Å². The lowest BCUT2D eigenvalue weighted by Crippen LogP contribution is -2.18. The quantitative estimate of drug-likeness (QED) is 0.527. The third-order valence-electron chi connectivity index (χ3n) is 3.55. The van der Waals surface area contributed by atoms with Gasteiger partial charge in [-0.2, -0.15) is 0 Å². The van der Waals surface area contributed by atoms with E-state index in [1.54, 1.807) is 6.26 Å². The highest BCUT2D eigenvalue weighted by Crippen LogP contribution is 2.52. The van der Waals surface area contributed by atoms with Crippen molar-refractivity contribution in [3.63, 3.8) is 0 Å². The van der Waals surface area contributed by atoms with Crippen molar-refractivity contribution in [2.75, 3.05) is 0 Å². The molecular weight excluding hydrogens is 176 g/mol. The van der Waals surface area contributed by atoms with Crippen molar-refractivity contribution in [2.45, 2.75) is 12.3 Å². The average molecular weight is 188 g/mol. The highest BCUT2D eigenvalue weighted by molar-refractivity contribution is 5.59. The largest absolute Gasteiger partial charge is 0.469 e. The van der Waals surface area contributed by atoms with Crippen LogP contribution in [-0.4, -0.2) is 6.29 Å². The lowest BCUT2D eigenvalue weighted by Gasteiger charge is -2.21. The summed E-state index contributed by atoms with van der Waals surface area (Å²) in [4.78, 5) is 11.0. The summed E-state index contributed by atoms with van der Waals surface area (Å²) in [6, 6.07) is 3.88. The summed E-state index contributed by atoms with van der Waals surface area (Å²) in [5.74, 6) is 2.36. The second-order valence-corrected chi connectivity index (χ2v) is 4.20. The maximum absolute atomic E-state index is 11.0. The maximum atomic E-state index is 11.0. The molecule has 2 aliphatic rings. The van der Waals surface area contributed by atoms with Crippen molar-refractivity contribution >= 4 is 6.29 Å². The van der Waals surface area contributed by atoms with Crippen LogP contribution < -0.4 is 0 Å². The van der Waals surface area contributed by atoms with Gasteiger partial charge in [-0.15, -0.1) is 0 Å². The van der Waals surface area contributed by atoms with Gasteiger partial charge in [-0.25, -0.2) is 0 Å². The molecule has 0 spiro atoms. The molecule has 2 heteroatoms. The standard InChI is InChI=1S/C12H12O2/c13-7-10-8-3-4-9(6-8)12(10)11-2-1-5-14-11/h1-5,7-10,12H,6H2/t8-,9+,10+,12+/m0/s1. The predicted octanol–water partition coefficient (Wildman–Crippen LogP) is 2.38. The molecule has 2 bridgehead atoms. The fraction of sp³-hybridized carbons (Fsp3) is 0.417. The third-order valence-corrected chi connectivity index (χ3v) is 3.55. The molecule has 0 radical (unpaired) electrons. The number of rotatable bonds is 2. The van der Waals surface area contributed by atoms with Crippen LogP contribution in [0.15, 0.2) is 35.0 Å². The highest BCUT2D eigenvalue weighted by atomic mass is 16.3. The molecule has 0 N–H and O–H groups in total. The summed E-state index contributed by atoms with van der Waals surface area (Å²) < 4.78 is 5.41. The minimum atomic E-state index is 0.135. The molecule has 14 heavy (non-hydrogen) atoms. The summed E-state index contributed by atoms with van der Waals surface area (Å²) in [5.41, 5.74) is 0. The van der Waals surface area contributed by atoms with E-state index in [1.807, 2.05) is 12.1 Å². The lowest BCUT2D eigenvalue weighted by molar-refractivity contribution is -0.112. The second-order valence-electron chi connectivity index (χ2n) is 4.20. The van der Waals surface area contributed by atoms with Gasteiger partial charge in [0, 0.05) is 11.8 Å². The Labute approximate surface area is 82.6 Å². The van der Waals surface area contributed by atoms with Gasteiger partial charge in [0.25, 0.3) is 0 Å². The van der Waals surface area contributed by atoms with E-state index in [-0.39, 0.29) is 11.8 Å². The van der Waals surface area contributed by atoms with Crippen LogP contribution in [0.1, 0.15) is 18.1 Å². The van der Waals surface area contributed by atoms with Gasteiger partial charge in [0.2, 0.25) is 0 Å². The first-order valence-corrected chi connectivity index (χ1v) is 5.07. The summed E-state index contributed by atoms with van der Waals surface area (Å²) in [7, 11) is 0. The zero-order valence-corrected chi connectivity index (χ0v) is 7.80. The maximum Gasteiger partial charge on any atom is 0.124 e. The number of aldehydes is 1. The van der Waals surface area contributed by atoms with Gasteiger partial charge in [-0.05, 0) is 30.4 Å². The van der Waals surface area contributed by atoms with Gasteiger partial charge >= 0.3 is 0 Å². The monoisotopic (exact) mass is 188 g/mol. The molecule has 0 aliphatic heterocycles. The molecule has 1 aromatic rings. The van der Waals surface area contributed by atoms with Crippen LogP contribution in [0.4, 0.5) is 0 Å². The van der Waals surface area contributed by atoms with Crippen molar-refractivity contribution in [2.24, 2.45) is 17.8 Å². The Morgan fingerprint density at radius 1 is 1.36 bits per heavy atom. The molecule has 1 fully saturated rings. The number of furan rings is 1. The van der Waals surface area contributed by atoms with Gasteiger partial charge in [0.05, 0.1) is 6.26 Å². The number of carbonyl (C=O) groups excluding carboxylic acids is 1. The van der Waals surface area contributed by atoms with Gasteiger partial charge < -0.3 is 9.21 Å². The third kappa shape index (κ3) is 0.939. The van der Waals surface area contributed by atoms with E-state index >= 15 is 0 Å². The van der Waals surface area contributed by atoms with E-state index < -0.39 is 0 Å². The first-order valence-electron chi connectivity index (χ1n) is 5.07. The SMILES string of the molecule is O=C[C@H]1[C@H](c2ccco2)[C@@H]2C=C[C@H]1C2.